The van der Waals surface area contributed by atoms with Gasteiger partial charge in [0.25, 0.3) is 0 Å². The molecule has 9 nitrogen and oxygen atoms in total. The first-order valence-corrected chi connectivity index (χ1v) is 9.87. The summed E-state index contributed by atoms with van der Waals surface area (Å²) in [5.41, 5.74) is 11.3. The Hall–Kier alpha value is -2.88. The summed E-state index contributed by atoms with van der Waals surface area (Å²) >= 11 is 0. The summed E-state index contributed by atoms with van der Waals surface area (Å²) in [7, 11) is -2.35. The van der Waals surface area contributed by atoms with E-state index in [0.29, 0.717) is 37.6 Å². The van der Waals surface area contributed by atoms with Gasteiger partial charge in [-0.15, -0.1) is 0 Å². The van der Waals surface area contributed by atoms with Gasteiger partial charge in [-0.25, -0.2) is 13.4 Å². The van der Waals surface area contributed by atoms with E-state index in [-0.39, 0.29) is 27.4 Å². The number of anilines is 2. The van der Waals surface area contributed by atoms with Gasteiger partial charge in [0, 0.05) is 19.0 Å². The molecule has 1 aromatic heterocycles. The van der Waals surface area contributed by atoms with Crippen molar-refractivity contribution in [2.45, 2.75) is 22.6 Å². The average Bonchev–Trinajstić information content (AvgIpc) is 2.67. The maximum absolute atomic E-state index is 12.8. The van der Waals surface area contributed by atoms with Crippen molar-refractivity contribution >= 4 is 27.5 Å². The molecule has 0 spiro atoms. The number of hydrogen-bond acceptors (Lipinski definition) is 8. The highest BCUT2D eigenvalue weighted by atomic mass is 32.2. The predicted molar refractivity (Wildman–Crippen MR) is 99.0 cm³/mol. The summed E-state index contributed by atoms with van der Waals surface area (Å²) < 4.78 is 30.6. The van der Waals surface area contributed by atoms with Gasteiger partial charge in [-0.3, -0.25) is 4.79 Å². The molecular weight excluding hydrogens is 370 g/mol. The monoisotopic (exact) mass is 391 g/mol. The zero-order valence-corrected chi connectivity index (χ0v) is 15.6. The predicted octanol–water partition coefficient (Wildman–Crippen LogP) is 0.602. The molecule has 0 atom stereocenters. The third-order valence-electron chi connectivity index (χ3n) is 4.61. The number of carbonyl (C=O) groups is 1. The van der Waals surface area contributed by atoms with Gasteiger partial charge >= 0.3 is 0 Å². The molecule has 1 saturated heterocycles. The minimum absolute atomic E-state index is 0.0774. The summed E-state index contributed by atoms with van der Waals surface area (Å²) in [5, 5.41) is 0. The number of piperidine rings is 1. The van der Waals surface area contributed by atoms with Gasteiger partial charge < -0.3 is 21.1 Å². The molecule has 1 aliphatic heterocycles. The van der Waals surface area contributed by atoms with Crippen molar-refractivity contribution in [2.75, 3.05) is 30.8 Å². The van der Waals surface area contributed by atoms with Gasteiger partial charge in [0.15, 0.2) is 0 Å². The minimum Gasteiger partial charge on any atom is -0.497 e. The molecule has 27 heavy (non-hydrogen) atoms. The van der Waals surface area contributed by atoms with E-state index in [9.17, 15) is 13.2 Å². The van der Waals surface area contributed by atoms with Crippen molar-refractivity contribution in [1.29, 1.82) is 0 Å². The Bertz CT molecular complexity index is 938. The third-order valence-corrected chi connectivity index (χ3v) is 6.40. The van der Waals surface area contributed by atoms with Crippen LogP contribution in [0.4, 0.5) is 11.8 Å². The highest BCUT2D eigenvalue weighted by molar-refractivity contribution is 7.91. The van der Waals surface area contributed by atoms with Gasteiger partial charge in [0.2, 0.25) is 21.7 Å². The molecular formula is C17H21N5O4S. The zero-order chi connectivity index (χ0) is 19.6. The third kappa shape index (κ3) is 3.80. The lowest BCUT2D eigenvalue weighted by molar-refractivity contribution is -0.122. The maximum atomic E-state index is 12.8. The van der Waals surface area contributed by atoms with Crippen molar-refractivity contribution in [1.82, 2.24) is 9.97 Å². The molecule has 1 aromatic carbocycles. The Morgan fingerprint density at radius 1 is 1.22 bits per heavy atom. The fourth-order valence-electron chi connectivity index (χ4n) is 2.98. The van der Waals surface area contributed by atoms with Crippen molar-refractivity contribution in [3.05, 3.63) is 30.5 Å². The number of methoxy groups -OCH3 is 1. The summed E-state index contributed by atoms with van der Waals surface area (Å²) in [5.74, 6) is 0.300. The number of amides is 1. The van der Waals surface area contributed by atoms with Gasteiger partial charge in [-0.1, -0.05) is 0 Å². The van der Waals surface area contributed by atoms with E-state index >= 15 is 0 Å². The van der Waals surface area contributed by atoms with E-state index < -0.39 is 9.84 Å². The largest absolute Gasteiger partial charge is 0.497 e. The molecule has 3 rings (SSSR count). The number of aromatic nitrogens is 2. The van der Waals surface area contributed by atoms with Crippen LogP contribution >= 0.6 is 0 Å². The van der Waals surface area contributed by atoms with Crippen LogP contribution in [0.2, 0.25) is 0 Å². The van der Waals surface area contributed by atoms with E-state index in [1.54, 1.807) is 12.1 Å². The van der Waals surface area contributed by atoms with Crippen LogP contribution in [-0.2, 0) is 14.6 Å². The molecule has 0 radical (unpaired) electrons. The Balaban J connectivity index is 1.83. The van der Waals surface area contributed by atoms with Crippen molar-refractivity contribution in [3.63, 3.8) is 0 Å². The van der Waals surface area contributed by atoms with Crippen LogP contribution in [0.1, 0.15) is 12.8 Å². The molecule has 0 saturated carbocycles. The van der Waals surface area contributed by atoms with Crippen molar-refractivity contribution in [3.8, 4) is 5.75 Å². The number of sulfone groups is 1. The highest BCUT2D eigenvalue weighted by Gasteiger charge is 2.27. The van der Waals surface area contributed by atoms with E-state index in [2.05, 4.69) is 9.97 Å². The SMILES string of the molecule is COc1ccc(S(=O)(=O)c2cnc(N3CCC(C(N)=O)CC3)nc2N)cc1. The molecule has 2 aromatic rings. The fraction of sp³-hybridized carbons (Fsp3) is 0.353. The highest BCUT2D eigenvalue weighted by Crippen LogP contribution is 2.28. The average molecular weight is 391 g/mol. The fourth-order valence-corrected chi connectivity index (χ4v) is 4.24. The first-order chi connectivity index (χ1) is 12.8. The number of hydrogen-bond donors (Lipinski definition) is 2. The van der Waals surface area contributed by atoms with Gasteiger partial charge in [0.05, 0.1) is 18.2 Å². The Morgan fingerprint density at radius 3 is 2.37 bits per heavy atom. The van der Waals surface area contributed by atoms with Crippen molar-refractivity contribution < 1.29 is 17.9 Å². The first kappa shape index (κ1) is 18.9. The topological polar surface area (TPSA) is 142 Å². The molecule has 0 aliphatic carbocycles. The summed E-state index contributed by atoms with van der Waals surface area (Å²) in [4.78, 5) is 21.4. The first-order valence-electron chi connectivity index (χ1n) is 8.39. The molecule has 0 unspecified atom stereocenters. The lowest BCUT2D eigenvalue weighted by atomic mass is 9.96. The molecule has 0 bridgehead atoms. The molecule has 1 fully saturated rings. The smallest absolute Gasteiger partial charge is 0.227 e. The second-order valence-corrected chi connectivity index (χ2v) is 8.18. The zero-order valence-electron chi connectivity index (χ0n) is 14.8. The van der Waals surface area contributed by atoms with E-state index in [0.717, 1.165) is 0 Å². The van der Waals surface area contributed by atoms with Gasteiger partial charge in [0.1, 0.15) is 16.5 Å². The number of carbonyl (C=O) groups excluding carboxylic acids is 1. The second-order valence-electron chi connectivity index (χ2n) is 6.26. The molecule has 4 N–H and O–H groups in total. The summed E-state index contributed by atoms with van der Waals surface area (Å²) in [6.45, 7) is 1.11. The number of benzene rings is 1. The molecule has 10 heteroatoms. The van der Waals surface area contributed by atoms with Crippen LogP contribution in [0.25, 0.3) is 0 Å². The number of nitrogen functional groups attached to an aromatic ring is 1. The second kappa shape index (κ2) is 7.39. The van der Waals surface area contributed by atoms with Crippen LogP contribution in [0, 0.1) is 5.92 Å². The Morgan fingerprint density at radius 2 is 1.85 bits per heavy atom. The normalized spacial score (nSPS) is 15.5. The summed E-state index contributed by atoms with van der Waals surface area (Å²) in [6.07, 6.45) is 2.42. The van der Waals surface area contributed by atoms with Crippen LogP contribution in [0.5, 0.6) is 5.75 Å². The van der Waals surface area contributed by atoms with E-state index in [1.807, 2.05) is 4.90 Å². The number of nitrogens with zero attached hydrogens (tertiary/aromatic N) is 3. The van der Waals surface area contributed by atoms with Crippen LogP contribution < -0.4 is 21.1 Å². The van der Waals surface area contributed by atoms with E-state index in [4.69, 9.17) is 16.2 Å². The van der Waals surface area contributed by atoms with Crippen molar-refractivity contribution in [2.24, 2.45) is 11.7 Å². The maximum Gasteiger partial charge on any atom is 0.227 e. The molecule has 144 valence electrons. The Labute approximate surface area is 157 Å². The number of nitrogens with two attached hydrogens (primary N) is 2. The Kier molecular flexibility index (Phi) is 5.17. The van der Waals surface area contributed by atoms with Gasteiger partial charge in [-0.2, -0.15) is 4.98 Å². The van der Waals surface area contributed by atoms with Gasteiger partial charge in [-0.05, 0) is 37.1 Å². The van der Waals surface area contributed by atoms with Crippen LogP contribution in [0.15, 0.2) is 40.3 Å². The molecule has 1 aliphatic rings. The van der Waals surface area contributed by atoms with Crippen LogP contribution in [-0.4, -0.2) is 44.5 Å². The quantitative estimate of drug-likeness (QED) is 0.755. The number of primary amides is 1. The lowest BCUT2D eigenvalue weighted by Gasteiger charge is -2.30. The standard InChI is InChI=1S/C17H21N5O4S/c1-26-12-2-4-13(5-3-12)27(24,25)14-10-20-17(21-15(14)18)22-8-6-11(7-9-22)16(19)23/h2-5,10-11H,6-9H2,1H3,(H2,19,23)(H2,18,20,21). The molecule has 1 amide bonds. The molecule has 2 heterocycles. The van der Waals surface area contributed by atoms with E-state index in [1.165, 1.54) is 25.4 Å². The number of ether oxygens (including phenoxy) is 1. The minimum atomic E-state index is -3.85. The van der Waals surface area contributed by atoms with Crippen LogP contribution in [0.3, 0.4) is 0 Å². The summed E-state index contributed by atoms with van der Waals surface area (Å²) in [6, 6.07) is 5.99. The lowest BCUT2D eigenvalue weighted by Crippen LogP contribution is -2.39. The number of rotatable bonds is 5.